The molecule has 0 spiro atoms. The van der Waals surface area contributed by atoms with E-state index in [0.717, 1.165) is 12.0 Å². The first-order valence-corrected chi connectivity index (χ1v) is 6.48. The van der Waals surface area contributed by atoms with Gasteiger partial charge in [0, 0.05) is 0 Å². The van der Waals surface area contributed by atoms with Crippen molar-refractivity contribution in [1.29, 1.82) is 0 Å². The van der Waals surface area contributed by atoms with Gasteiger partial charge in [0.2, 0.25) is 5.91 Å². The molecule has 0 aliphatic carbocycles. The van der Waals surface area contributed by atoms with Crippen LogP contribution in [0.4, 0.5) is 0 Å². The predicted molar refractivity (Wildman–Crippen MR) is 76.4 cm³/mol. The number of hydrogen-bond acceptors (Lipinski definition) is 1. The van der Waals surface area contributed by atoms with E-state index in [1.807, 2.05) is 18.2 Å². The average molecular weight is 247 g/mol. The molecule has 18 heavy (non-hydrogen) atoms. The SMILES string of the molecule is CC(C)(C)CC(C)(C)c1ccccc1CC(N)=O. The predicted octanol–water partition coefficient (Wildman–Crippen LogP) is 3.43. The first-order valence-electron chi connectivity index (χ1n) is 6.48. The standard InChI is InChI=1S/C16H25NO/c1-15(2,3)11-16(4,5)13-9-7-6-8-12(13)10-14(17)18/h6-9H,10-11H2,1-5H3,(H2,17,18). The molecule has 0 fully saturated rings. The van der Waals surface area contributed by atoms with Gasteiger partial charge in [-0.15, -0.1) is 0 Å². The van der Waals surface area contributed by atoms with Crippen LogP contribution < -0.4 is 5.73 Å². The van der Waals surface area contributed by atoms with E-state index in [2.05, 4.69) is 40.7 Å². The summed E-state index contributed by atoms with van der Waals surface area (Å²) in [5, 5.41) is 0. The highest BCUT2D eigenvalue weighted by Gasteiger charge is 2.29. The quantitative estimate of drug-likeness (QED) is 0.870. The second kappa shape index (κ2) is 5.13. The van der Waals surface area contributed by atoms with Gasteiger partial charge in [-0.3, -0.25) is 4.79 Å². The molecule has 100 valence electrons. The molecule has 0 aliphatic rings. The van der Waals surface area contributed by atoms with Gasteiger partial charge in [0.05, 0.1) is 6.42 Å². The van der Waals surface area contributed by atoms with E-state index in [0.29, 0.717) is 6.42 Å². The minimum absolute atomic E-state index is 0.0459. The van der Waals surface area contributed by atoms with Crippen molar-refractivity contribution in [2.24, 2.45) is 11.1 Å². The maximum atomic E-state index is 11.2. The number of carbonyl (C=O) groups is 1. The zero-order chi connectivity index (χ0) is 14.0. The number of nitrogens with two attached hydrogens (primary N) is 1. The Bertz CT molecular complexity index is 427. The molecule has 0 radical (unpaired) electrons. The highest BCUT2D eigenvalue weighted by molar-refractivity contribution is 5.77. The molecule has 1 rings (SSSR count). The molecule has 0 saturated carbocycles. The molecule has 0 aromatic heterocycles. The van der Waals surface area contributed by atoms with Gasteiger partial charge >= 0.3 is 0 Å². The smallest absolute Gasteiger partial charge is 0.221 e. The summed E-state index contributed by atoms with van der Waals surface area (Å²) in [6, 6.07) is 8.12. The minimum atomic E-state index is -0.269. The molecular weight excluding hydrogens is 222 g/mol. The first-order chi connectivity index (χ1) is 8.12. The number of primary amides is 1. The molecule has 1 aromatic carbocycles. The number of benzene rings is 1. The van der Waals surface area contributed by atoms with Crippen LogP contribution >= 0.6 is 0 Å². The van der Waals surface area contributed by atoms with Crippen molar-refractivity contribution in [2.75, 3.05) is 0 Å². The summed E-state index contributed by atoms with van der Waals surface area (Å²) in [5.74, 6) is -0.269. The van der Waals surface area contributed by atoms with Crippen LogP contribution in [0.1, 0.15) is 52.2 Å². The van der Waals surface area contributed by atoms with Crippen LogP contribution in [0, 0.1) is 5.41 Å². The molecule has 0 saturated heterocycles. The lowest BCUT2D eigenvalue weighted by Crippen LogP contribution is -2.27. The average Bonchev–Trinajstić information content (AvgIpc) is 2.13. The molecule has 0 aliphatic heterocycles. The number of hydrogen-bond donors (Lipinski definition) is 1. The van der Waals surface area contributed by atoms with E-state index >= 15 is 0 Å². The normalized spacial score (nSPS) is 12.5. The molecule has 0 heterocycles. The third-order valence-corrected chi connectivity index (χ3v) is 3.08. The molecule has 2 N–H and O–H groups in total. The van der Waals surface area contributed by atoms with Crippen molar-refractivity contribution in [3.8, 4) is 0 Å². The molecule has 1 aromatic rings. The van der Waals surface area contributed by atoms with Crippen molar-refractivity contribution in [3.63, 3.8) is 0 Å². The van der Waals surface area contributed by atoms with Crippen molar-refractivity contribution >= 4 is 5.91 Å². The van der Waals surface area contributed by atoms with Gasteiger partial charge in [-0.25, -0.2) is 0 Å². The van der Waals surface area contributed by atoms with E-state index < -0.39 is 0 Å². The second-order valence-electron chi connectivity index (χ2n) is 6.92. The molecule has 1 amide bonds. The van der Waals surface area contributed by atoms with Crippen molar-refractivity contribution in [3.05, 3.63) is 35.4 Å². The van der Waals surface area contributed by atoms with E-state index in [1.165, 1.54) is 5.56 Å². The highest BCUT2D eigenvalue weighted by atomic mass is 16.1. The monoisotopic (exact) mass is 247 g/mol. The van der Waals surface area contributed by atoms with Gasteiger partial charge in [0.25, 0.3) is 0 Å². The molecule has 0 atom stereocenters. The van der Waals surface area contributed by atoms with Crippen LogP contribution in [-0.4, -0.2) is 5.91 Å². The van der Waals surface area contributed by atoms with Gasteiger partial charge in [0.15, 0.2) is 0 Å². The number of carbonyl (C=O) groups excluding carboxylic acids is 1. The van der Waals surface area contributed by atoms with Crippen LogP contribution in [0.5, 0.6) is 0 Å². The van der Waals surface area contributed by atoms with Crippen molar-refractivity contribution in [2.45, 2.75) is 52.9 Å². The lowest BCUT2D eigenvalue weighted by molar-refractivity contribution is -0.117. The Balaban J connectivity index is 3.11. The van der Waals surface area contributed by atoms with Gasteiger partial charge in [-0.1, -0.05) is 58.9 Å². The third-order valence-electron chi connectivity index (χ3n) is 3.08. The van der Waals surface area contributed by atoms with E-state index in [-0.39, 0.29) is 16.7 Å². The summed E-state index contributed by atoms with van der Waals surface area (Å²) in [5.41, 5.74) is 7.91. The third kappa shape index (κ3) is 4.17. The van der Waals surface area contributed by atoms with Crippen molar-refractivity contribution < 1.29 is 4.79 Å². The maximum Gasteiger partial charge on any atom is 0.221 e. The van der Waals surface area contributed by atoms with Gasteiger partial charge in [-0.05, 0) is 28.4 Å². The van der Waals surface area contributed by atoms with E-state index in [1.54, 1.807) is 0 Å². The molecule has 0 bridgehead atoms. The number of amides is 1. The lowest BCUT2D eigenvalue weighted by atomic mass is 9.71. The van der Waals surface area contributed by atoms with Gasteiger partial charge in [-0.2, -0.15) is 0 Å². The summed E-state index contributed by atoms with van der Waals surface area (Å²) >= 11 is 0. The Kier molecular flexibility index (Phi) is 4.20. The second-order valence-corrected chi connectivity index (χ2v) is 6.92. The van der Waals surface area contributed by atoms with E-state index in [4.69, 9.17) is 5.73 Å². The summed E-state index contributed by atoms with van der Waals surface area (Å²) in [7, 11) is 0. The maximum absolute atomic E-state index is 11.2. The summed E-state index contributed by atoms with van der Waals surface area (Å²) in [4.78, 5) is 11.2. The molecule has 2 nitrogen and oxygen atoms in total. The fourth-order valence-corrected chi connectivity index (χ4v) is 2.94. The van der Waals surface area contributed by atoms with Crippen LogP contribution in [0.25, 0.3) is 0 Å². The largest absolute Gasteiger partial charge is 0.369 e. The molecule has 2 heteroatoms. The topological polar surface area (TPSA) is 43.1 Å². The molecule has 0 unspecified atom stereocenters. The summed E-state index contributed by atoms with van der Waals surface area (Å²) in [6.07, 6.45) is 1.39. The zero-order valence-corrected chi connectivity index (χ0v) is 12.2. The fraction of sp³-hybridized carbons (Fsp3) is 0.562. The highest BCUT2D eigenvalue weighted by Crippen LogP contribution is 2.37. The van der Waals surface area contributed by atoms with Gasteiger partial charge in [0.1, 0.15) is 0 Å². The van der Waals surface area contributed by atoms with Crippen LogP contribution in [-0.2, 0) is 16.6 Å². The zero-order valence-electron chi connectivity index (χ0n) is 12.2. The van der Waals surface area contributed by atoms with Crippen LogP contribution in [0.3, 0.4) is 0 Å². The Labute approximate surface area is 111 Å². The lowest BCUT2D eigenvalue weighted by Gasteiger charge is -2.34. The first kappa shape index (κ1) is 14.7. The van der Waals surface area contributed by atoms with Crippen LogP contribution in [0.2, 0.25) is 0 Å². The number of rotatable bonds is 4. The Hall–Kier alpha value is -1.31. The summed E-state index contributed by atoms with van der Waals surface area (Å²) < 4.78 is 0. The fourth-order valence-electron chi connectivity index (χ4n) is 2.94. The Morgan fingerprint density at radius 3 is 2.17 bits per heavy atom. The summed E-state index contributed by atoms with van der Waals surface area (Å²) in [6.45, 7) is 11.2. The van der Waals surface area contributed by atoms with Crippen LogP contribution in [0.15, 0.2) is 24.3 Å². The van der Waals surface area contributed by atoms with Gasteiger partial charge < -0.3 is 5.73 Å². The van der Waals surface area contributed by atoms with E-state index in [9.17, 15) is 4.79 Å². The Morgan fingerprint density at radius 2 is 1.67 bits per heavy atom. The van der Waals surface area contributed by atoms with Crippen molar-refractivity contribution in [1.82, 2.24) is 0 Å². The molecular formula is C16H25NO. The Morgan fingerprint density at radius 1 is 1.11 bits per heavy atom. The minimum Gasteiger partial charge on any atom is -0.369 e.